The summed E-state index contributed by atoms with van der Waals surface area (Å²) >= 11 is 0. The smallest absolute Gasteiger partial charge is 0.154 e. The lowest BCUT2D eigenvalue weighted by atomic mass is 10.2. The second kappa shape index (κ2) is 4.16. The first-order chi connectivity index (χ1) is 5.29. The van der Waals surface area contributed by atoms with Gasteiger partial charge in [0.15, 0.2) is 5.78 Å². The molecular weight excluding hydrogens is 138 g/mol. The molecule has 0 aromatic rings. The van der Waals surface area contributed by atoms with Crippen LogP contribution in [0, 0.1) is 0 Å². The normalized spacial score (nSPS) is 22.5. The lowest BCUT2D eigenvalue weighted by molar-refractivity contribution is -0.112. The minimum Gasteiger partial charge on any atom is -0.388 e. The molecular formula is C9H15NO. The molecule has 1 heterocycles. The van der Waals surface area contributed by atoms with Crippen LogP contribution in [0.2, 0.25) is 0 Å². The average molecular weight is 153 g/mol. The molecule has 2 heteroatoms. The summed E-state index contributed by atoms with van der Waals surface area (Å²) in [5.41, 5.74) is 1.12. The van der Waals surface area contributed by atoms with Crippen LogP contribution in [-0.4, -0.2) is 12.3 Å². The van der Waals surface area contributed by atoms with Gasteiger partial charge in [0.1, 0.15) is 0 Å². The first kappa shape index (κ1) is 8.31. The van der Waals surface area contributed by atoms with Crippen molar-refractivity contribution in [1.82, 2.24) is 5.32 Å². The number of allylic oxidation sites excluding steroid dienone is 2. The molecule has 1 saturated heterocycles. The van der Waals surface area contributed by atoms with Crippen LogP contribution in [-0.2, 0) is 4.79 Å². The van der Waals surface area contributed by atoms with E-state index in [0.29, 0.717) is 0 Å². The Kier molecular flexibility index (Phi) is 3.14. The van der Waals surface area contributed by atoms with Crippen molar-refractivity contribution in [3.63, 3.8) is 0 Å². The predicted octanol–water partition coefficient (Wildman–Crippen LogP) is 1.62. The zero-order valence-electron chi connectivity index (χ0n) is 7.02. The van der Waals surface area contributed by atoms with Crippen molar-refractivity contribution in [2.45, 2.75) is 32.6 Å². The van der Waals surface area contributed by atoms with Gasteiger partial charge >= 0.3 is 0 Å². The molecule has 0 bridgehead atoms. The fraction of sp³-hybridized carbons (Fsp3) is 0.667. The highest BCUT2D eigenvalue weighted by Gasteiger charge is 2.02. The molecule has 0 unspecified atom stereocenters. The number of carbonyl (C=O) groups excluding carboxylic acids is 1. The Morgan fingerprint density at radius 3 is 3.00 bits per heavy atom. The van der Waals surface area contributed by atoms with Gasteiger partial charge in [0.25, 0.3) is 0 Å². The second-order valence-corrected chi connectivity index (χ2v) is 3.02. The zero-order valence-corrected chi connectivity index (χ0v) is 7.02. The molecule has 62 valence electrons. The van der Waals surface area contributed by atoms with Crippen LogP contribution in [0.15, 0.2) is 11.8 Å². The topological polar surface area (TPSA) is 29.1 Å². The van der Waals surface area contributed by atoms with E-state index in [1.807, 2.05) is 0 Å². The SMILES string of the molecule is CC(=O)/C=C1\CCCCCN1. The number of hydrogen-bond acceptors (Lipinski definition) is 2. The molecule has 0 radical (unpaired) electrons. The van der Waals surface area contributed by atoms with E-state index in [4.69, 9.17) is 0 Å². The van der Waals surface area contributed by atoms with Gasteiger partial charge in [-0.3, -0.25) is 4.79 Å². The summed E-state index contributed by atoms with van der Waals surface area (Å²) in [4.78, 5) is 10.7. The van der Waals surface area contributed by atoms with Gasteiger partial charge in [-0.15, -0.1) is 0 Å². The van der Waals surface area contributed by atoms with Crippen molar-refractivity contribution >= 4 is 5.78 Å². The Balaban J connectivity index is 2.48. The second-order valence-electron chi connectivity index (χ2n) is 3.02. The first-order valence-electron chi connectivity index (χ1n) is 4.24. The van der Waals surface area contributed by atoms with Gasteiger partial charge < -0.3 is 5.32 Å². The fourth-order valence-corrected chi connectivity index (χ4v) is 1.32. The highest BCUT2D eigenvalue weighted by atomic mass is 16.1. The highest BCUT2D eigenvalue weighted by Crippen LogP contribution is 2.10. The summed E-state index contributed by atoms with van der Waals surface area (Å²) < 4.78 is 0. The van der Waals surface area contributed by atoms with E-state index in [1.165, 1.54) is 19.3 Å². The molecule has 0 amide bonds. The van der Waals surface area contributed by atoms with Crippen molar-refractivity contribution in [2.24, 2.45) is 0 Å². The lowest BCUT2D eigenvalue weighted by Crippen LogP contribution is -2.12. The van der Waals surface area contributed by atoms with Crippen LogP contribution in [0.3, 0.4) is 0 Å². The largest absolute Gasteiger partial charge is 0.388 e. The highest BCUT2D eigenvalue weighted by molar-refractivity contribution is 5.87. The van der Waals surface area contributed by atoms with E-state index in [9.17, 15) is 4.79 Å². The summed E-state index contributed by atoms with van der Waals surface area (Å²) in [6.07, 6.45) is 6.48. The third-order valence-corrected chi connectivity index (χ3v) is 1.85. The summed E-state index contributed by atoms with van der Waals surface area (Å²) in [5.74, 6) is 0.148. The van der Waals surface area contributed by atoms with Gasteiger partial charge in [0.05, 0.1) is 0 Å². The van der Waals surface area contributed by atoms with Crippen molar-refractivity contribution < 1.29 is 4.79 Å². The first-order valence-corrected chi connectivity index (χ1v) is 4.24. The van der Waals surface area contributed by atoms with Gasteiger partial charge in [0, 0.05) is 12.2 Å². The molecule has 0 spiro atoms. The summed E-state index contributed by atoms with van der Waals surface area (Å²) in [5, 5.41) is 3.25. The zero-order chi connectivity index (χ0) is 8.10. The third-order valence-electron chi connectivity index (χ3n) is 1.85. The van der Waals surface area contributed by atoms with Gasteiger partial charge in [-0.1, -0.05) is 6.42 Å². The summed E-state index contributed by atoms with van der Waals surface area (Å²) in [6.45, 7) is 2.62. The molecule has 0 aromatic heterocycles. The van der Waals surface area contributed by atoms with Gasteiger partial charge in [0.2, 0.25) is 0 Å². The number of hydrogen-bond donors (Lipinski definition) is 1. The molecule has 1 fully saturated rings. The maximum absolute atomic E-state index is 10.7. The van der Waals surface area contributed by atoms with E-state index in [1.54, 1.807) is 13.0 Å². The minimum atomic E-state index is 0.148. The van der Waals surface area contributed by atoms with E-state index in [2.05, 4.69) is 5.32 Å². The van der Waals surface area contributed by atoms with Crippen LogP contribution in [0.1, 0.15) is 32.6 Å². The van der Waals surface area contributed by atoms with E-state index in [-0.39, 0.29) is 5.78 Å². The Labute approximate surface area is 67.7 Å². The van der Waals surface area contributed by atoms with Crippen LogP contribution < -0.4 is 5.32 Å². The van der Waals surface area contributed by atoms with Gasteiger partial charge in [-0.2, -0.15) is 0 Å². The lowest BCUT2D eigenvalue weighted by Gasteiger charge is -2.03. The number of ketones is 1. The van der Waals surface area contributed by atoms with Gasteiger partial charge in [-0.05, 0) is 32.3 Å². The standard InChI is InChI=1S/C9H15NO/c1-8(11)7-9-5-3-2-4-6-10-9/h7,10H,2-6H2,1H3/b9-7+. The average Bonchev–Trinajstić information content (AvgIpc) is 2.14. The predicted molar refractivity (Wildman–Crippen MR) is 45.2 cm³/mol. The van der Waals surface area contributed by atoms with E-state index >= 15 is 0 Å². The summed E-state index contributed by atoms with van der Waals surface area (Å²) in [7, 11) is 0. The third kappa shape index (κ3) is 3.21. The van der Waals surface area contributed by atoms with Crippen molar-refractivity contribution in [3.05, 3.63) is 11.8 Å². The number of nitrogens with one attached hydrogen (secondary N) is 1. The molecule has 2 nitrogen and oxygen atoms in total. The molecule has 0 aromatic carbocycles. The molecule has 1 aliphatic heterocycles. The van der Waals surface area contributed by atoms with Crippen LogP contribution in [0.5, 0.6) is 0 Å². The molecule has 0 aliphatic carbocycles. The maximum atomic E-state index is 10.7. The number of carbonyl (C=O) groups is 1. The van der Waals surface area contributed by atoms with Crippen LogP contribution >= 0.6 is 0 Å². The van der Waals surface area contributed by atoms with Crippen molar-refractivity contribution in [1.29, 1.82) is 0 Å². The Hall–Kier alpha value is -0.790. The van der Waals surface area contributed by atoms with Crippen molar-refractivity contribution in [2.75, 3.05) is 6.54 Å². The maximum Gasteiger partial charge on any atom is 0.154 e. The summed E-state index contributed by atoms with van der Waals surface area (Å²) in [6, 6.07) is 0. The van der Waals surface area contributed by atoms with E-state index < -0.39 is 0 Å². The van der Waals surface area contributed by atoms with Gasteiger partial charge in [-0.25, -0.2) is 0 Å². The Morgan fingerprint density at radius 1 is 1.45 bits per heavy atom. The number of rotatable bonds is 1. The minimum absolute atomic E-state index is 0.148. The molecule has 1 aliphatic rings. The molecule has 1 rings (SSSR count). The Bertz CT molecular complexity index is 162. The molecule has 1 N–H and O–H groups in total. The molecule has 11 heavy (non-hydrogen) atoms. The fourth-order valence-electron chi connectivity index (χ4n) is 1.32. The van der Waals surface area contributed by atoms with Crippen molar-refractivity contribution in [3.8, 4) is 0 Å². The van der Waals surface area contributed by atoms with E-state index in [0.717, 1.165) is 18.7 Å². The monoisotopic (exact) mass is 153 g/mol. The quantitative estimate of drug-likeness (QED) is 0.580. The molecule has 0 saturated carbocycles. The Morgan fingerprint density at radius 2 is 2.27 bits per heavy atom. The van der Waals surface area contributed by atoms with Crippen LogP contribution in [0.4, 0.5) is 0 Å². The molecule has 0 atom stereocenters. The van der Waals surface area contributed by atoms with Crippen LogP contribution in [0.25, 0.3) is 0 Å².